The smallest absolute Gasteiger partial charge is 0.232 e. The number of Topliss-reactive ketones (excluding diaryl/α,β-unsaturated/α-hetero) is 2. The normalized spacial score (nSPS) is 16.2. The van der Waals surface area contributed by atoms with Gasteiger partial charge in [0.1, 0.15) is 23.9 Å². The van der Waals surface area contributed by atoms with Crippen LogP contribution in [0, 0.1) is 6.92 Å². The van der Waals surface area contributed by atoms with Crippen molar-refractivity contribution in [3.63, 3.8) is 0 Å². The van der Waals surface area contributed by atoms with Gasteiger partial charge < -0.3 is 18.9 Å². The van der Waals surface area contributed by atoms with Crippen LogP contribution in [0.2, 0.25) is 0 Å². The molecule has 0 saturated heterocycles. The maximum Gasteiger partial charge on any atom is 0.232 e. The Bertz CT molecular complexity index is 1020. The number of rotatable bonds is 4. The van der Waals surface area contributed by atoms with Crippen LogP contribution >= 0.6 is 15.9 Å². The van der Waals surface area contributed by atoms with E-state index in [4.69, 9.17) is 18.9 Å². The molecule has 2 aromatic rings. The van der Waals surface area contributed by atoms with Crippen molar-refractivity contribution in [2.45, 2.75) is 20.5 Å². The summed E-state index contributed by atoms with van der Waals surface area (Å²) in [6.07, 6.45) is 1.67. The van der Waals surface area contributed by atoms with E-state index in [-0.39, 0.29) is 30.7 Å². The lowest BCUT2D eigenvalue weighted by Gasteiger charge is -2.20. The predicted octanol–water partition coefficient (Wildman–Crippen LogP) is 4.21. The fourth-order valence-corrected chi connectivity index (χ4v) is 3.73. The lowest BCUT2D eigenvalue weighted by molar-refractivity contribution is -0.118. The number of fused-ring (bicyclic) bond motifs is 2. The fourth-order valence-electron chi connectivity index (χ4n) is 3.20. The molecule has 2 aliphatic rings. The van der Waals surface area contributed by atoms with E-state index in [0.717, 1.165) is 21.2 Å². The molecule has 0 amide bonds. The number of benzene rings is 2. The second-order valence-electron chi connectivity index (χ2n) is 6.64. The molecular formula is C21H17BrO6. The summed E-state index contributed by atoms with van der Waals surface area (Å²) in [7, 11) is 0. The number of carbonyl (C=O) groups excluding carboxylic acids is 2. The van der Waals surface area contributed by atoms with E-state index in [0.29, 0.717) is 29.4 Å². The molecule has 6 nitrogen and oxygen atoms in total. The predicted molar refractivity (Wildman–Crippen MR) is 105 cm³/mol. The van der Waals surface area contributed by atoms with Gasteiger partial charge in [0.25, 0.3) is 0 Å². The summed E-state index contributed by atoms with van der Waals surface area (Å²) in [5.74, 6) is 1.50. The van der Waals surface area contributed by atoms with Gasteiger partial charge in [-0.2, -0.15) is 0 Å². The summed E-state index contributed by atoms with van der Waals surface area (Å²) in [5, 5.41) is 0. The van der Waals surface area contributed by atoms with Crippen molar-refractivity contribution in [3.8, 4) is 17.2 Å². The third-order valence-electron chi connectivity index (χ3n) is 4.38. The lowest BCUT2D eigenvalue weighted by atomic mass is 10.0. The molecule has 2 aromatic carbocycles. The molecule has 0 bridgehead atoms. The van der Waals surface area contributed by atoms with Crippen LogP contribution < -0.4 is 14.2 Å². The van der Waals surface area contributed by atoms with Gasteiger partial charge in [-0.25, -0.2) is 0 Å². The van der Waals surface area contributed by atoms with Crippen LogP contribution in [0.1, 0.15) is 34.0 Å². The van der Waals surface area contributed by atoms with Crippen molar-refractivity contribution in [1.29, 1.82) is 0 Å². The van der Waals surface area contributed by atoms with Gasteiger partial charge in [-0.1, -0.05) is 15.9 Å². The van der Waals surface area contributed by atoms with Crippen LogP contribution in [0.5, 0.6) is 17.2 Å². The molecule has 0 fully saturated rings. The zero-order chi connectivity index (χ0) is 19.8. The summed E-state index contributed by atoms with van der Waals surface area (Å²) < 4.78 is 23.1. The monoisotopic (exact) mass is 444 g/mol. The number of hydrogen-bond donors (Lipinski definition) is 0. The number of ether oxygens (including phenoxy) is 4. The minimum Gasteiger partial charge on any atom is -0.486 e. The second kappa shape index (κ2) is 7.41. The summed E-state index contributed by atoms with van der Waals surface area (Å²) >= 11 is 3.47. The molecular weight excluding hydrogens is 428 g/mol. The van der Waals surface area contributed by atoms with Crippen LogP contribution in [0.15, 0.2) is 34.5 Å². The Hall–Kier alpha value is -2.64. The Labute approximate surface area is 170 Å². The molecule has 144 valence electrons. The molecule has 28 heavy (non-hydrogen) atoms. The zero-order valence-electron chi connectivity index (χ0n) is 15.3. The highest BCUT2D eigenvalue weighted by molar-refractivity contribution is 9.10. The molecule has 0 spiro atoms. The first-order valence-electron chi connectivity index (χ1n) is 8.66. The van der Waals surface area contributed by atoms with Crippen LogP contribution in [0.3, 0.4) is 0 Å². The van der Waals surface area contributed by atoms with Crippen LogP contribution in [-0.4, -0.2) is 25.0 Å². The van der Waals surface area contributed by atoms with Gasteiger partial charge >= 0.3 is 0 Å². The topological polar surface area (TPSA) is 71.1 Å². The Balaban J connectivity index is 1.69. The van der Waals surface area contributed by atoms with Gasteiger partial charge in [-0.05, 0) is 43.7 Å². The largest absolute Gasteiger partial charge is 0.486 e. The Morgan fingerprint density at radius 3 is 2.89 bits per heavy atom. The van der Waals surface area contributed by atoms with E-state index in [1.807, 2.05) is 19.1 Å². The van der Waals surface area contributed by atoms with Gasteiger partial charge in [0.2, 0.25) is 5.78 Å². The fraction of sp³-hybridized carbons (Fsp3) is 0.238. The van der Waals surface area contributed by atoms with Gasteiger partial charge in [-0.15, -0.1) is 0 Å². The highest BCUT2D eigenvalue weighted by atomic mass is 79.9. The minimum absolute atomic E-state index is 0.0293. The first-order valence-corrected chi connectivity index (χ1v) is 9.46. The number of allylic oxidation sites excluding steroid dienone is 1. The van der Waals surface area contributed by atoms with Crippen molar-refractivity contribution in [2.24, 2.45) is 0 Å². The number of halogens is 1. The first kappa shape index (κ1) is 18.7. The van der Waals surface area contributed by atoms with Crippen molar-refractivity contribution >= 4 is 33.6 Å². The standard InChI is InChI=1S/C21H17BrO6/c1-11-3-16(26-8-12(2)23)7-17-19(11)20(24)18(28-17)6-13-4-15(22)5-14-9-25-10-27-21(13)14/h3-7H,8-10H2,1-2H3/b18-6-. The average Bonchev–Trinajstić information content (AvgIpc) is 2.96. The Morgan fingerprint density at radius 2 is 2.11 bits per heavy atom. The van der Waals surface area contributed by atoms with Crippen molar-refractivity contribution < 1.29 is 28.5 Å². The molecule has 2 heterocycles. The molecule has 2 aliphatic heterocycles. The van der Waals surface area contributed by atoms with E-state index >= 15 is 0 Å². The third kappa shape index (κ3) is 3.55. The van der Waals surface area contributed by atoms with Crippen LogP contribution in [0.4, 0.5) is 0 Å². The molecule has 4 rings (SSSR count). The number of carbonyl (C=O) groups is 2. The highest BCUT2D eigenvalue weighted by Crippen LogP contribution is 2.39. The number of ketones is 2. The first-order chi connectivity index (χ1) is 13.4. The second-order valence-corrected chi connectivity index (χ2v) is 7.55. The molecule has 0 saturated carbocycles. The lowest BCUT2D eigenvalue weighted by Crippen LogP contribution is -2.12. The zero-order valence-corrected chi connectivity index (χ0v) is 16.9. The molecule has 0 radical (unpaired) electrons. The summed E-state index contributed by atoms with van der Waals surface area (Å²) in [4.78, 5) is 24.0. The van der Waals surface area contributed by atoms with E-state index in [1.165, 1.54) is 6.92 Å². The van der Waals surface area contributed by atoms with Crippen LogP contribution in [0.25, 0.3) is 6.08 Å². The van der Waals surface area contributed by atoms with Crippen molar-refractivity contribution in [1.82, 2.24) is 0 Å². The third-order valence-corrected chi connectivity index (χ3v) is 4.83. The summed E-state index contributed by atoms with van der Waals surface area (Å²) in [5.41, 5.74) is 2.85. The van der Waals surface area contributed by atoms with Gasteiger partial charge in [0, 0.05) is 21.7 Å². The number of aryl methyl sites for hydroxylation is 1. The maximum absolute atomic E-state index is 12.9. The highest BCUT2D eigenvalue weighted by Gasteiger charge is 2.30. The summed E-state index contributed by atoms with van der Waals surface area (Å²) in [6, 6.07) is 7.15. The van der Waals surface area contributed by atoms with Crippen molar-refractivity contribution in [3.05, 3.63) is 56.8 Å². The Kier molecular flexibility index (Phi) is 4.95. The number of hydrogen-bond acceptors (Lipinski definition) is 6. The molecule has 0 unspecified atom stereocenters. The minimum atomic E-state index is -0.202. The van der Waals surface area contributed by atoms with Gasteiger partial charge in [0.05, 0.1) is 12.2 Å². The maximum atomic E-state index is 12.9. The molecule has 0 N–H and O–H groups in total. The van der Waals surface area contributed by atoms with E-state index in [1.54, 1.807) is 18.2 Å². The van der Waals surface area contributed by atoms with E-state index < -0.39 is 0 Å². The Morgan fingerprint density at radius 1 is 1.29 bits per heavy atom. The quantitative estimate of drug-likeness (QED) is 0.657. The van der Waals surface area contributed by atoms with Gasteiger partial charge in [-0.3, -0.25) is 9.59 Å². The SMILES string of the molecule is CC(=O)COc1cc(C)c2c(c1)O/C(=C\c1cc(Br)cc3c1OCOC3)C2=O. The molecule has 7 heteroatoms. The van der Waals surface area contributed by atoms with Gasteiger partial charge in [0.15, 0.2) is 18.3 Å². The van der Waals surface area contributed by atoms with Crippen LogP contribution in [-0.2, 0) is 16.1 Å². The van der Waals surface area contributed by atoms with E-state index in [2.05, 4.69) is 15.9 Å². The van der Waals surface area contributed by atoms with E-state index in [9.17, 15) is 9.59 Å². The van der Waals surface area contributed by atoms with Crippen molar-refractivity contribution in [2.75, 3.05) is 13.4 Å². The molecule has 0 atom stereocenters. The summed E-state index contributed by atoms with van der Waals surface area (Å²) in [6.45, 7) is 3.84. The molecule has 0 aromatic heterocycles. The average molecular weight is 445 g/mol. The molecule has 0 aliphatic carbocycles.